The Balaban J connectivity index is 2.39. The molecular weight excluding hydrogens is 864 g/mol. The number of carbonyl (C=O) groups is 2. The molecule has 0 spiro atoms. The van der Waals surface area contributed by atoms with Crippen molar-refractivity contribution < 1.29 is 63.1 Å². The van der Waals surface area contributed by atoms with E-state index < -0.39 is 75.7 Å². The quantitative estimate of drug-likeness (QED) is 0.0145. The molecule has 1 aliphatic carbocycles. The van der Waals surface area contributed by atoms with E-state index in [0.717, 1.165) is 77.0 Å². The number of hydrogen-bond donors (Lipinski definition) is 6. The third-order valence-corrected chi connectivity index (χ3v) is 13.2. The second kappa shape index (κ2) is 42.0. The standard InChI is InChI=1S/C52H95O13P/c1-3-5-7-9-11-13-15-17-19-21-23-25-26-28-30-32-34-36-38-40-45(53)62-42-44(43-63-66(60,61)65-52-50(58)48(56)47(55)49(57)51(52)59)64-46(54)41-39-37-35-33-31-29-27-24-22-20-18-16-14-12-10-8-6-4-2/h14,16-17,19-20,22,44,47-52,55-59H,3-13,15,18,21,23-43H2,1-2H3,(H,60,61)/b16-14-,19-17-,22-20-. The topological polar surface area (TPSA) is 210 Å². The third-order valence-electron chi connectivity index (χ3n) is 12.2. The Bertz CT molecular complexity index is 1290. The zero-order valence-corrected chi connectivity index (χ0v) is 42.1. The summed E-state index contributed by atoms with van der Waals surface area (Å²) in [7, 11) is -5.12. The Hall–Kier alpha value is -1.93. The molecule has 13 nitrogen and oxygen atoms in total. The third kappa shape index (κ3) is 33.5. The van der Waals surface area contributed by atoms with E-state index in [2.05, 4.69) is 50.3 Å². The normalized spacial score (nSPS) is 21.5. The molecule has 0 radical (unpaired) electrons. The highest BCUT2D eigenvalue weighted by atomic mass is 31.2. The van der Waals surface area contributed by atoms with Crippen molar-refractivity contribution in [2.75, 3.05) is 13.2 Å². The Morgan fingerprint density at radius 2 is 0.818 bits per heavy atom. The molecule has 0 aromatic heterocycles. The molecule has 1 aliphatic rings. The number of phosphoric acid groups is 1. The van der Waals surface area contributed by atoms with Gasteiger partial charge in [-0.1, -0.05) is 179 Å². The average Bonchev–Trinajstić information content (AvgIpc) is 3.30. The second-order valence-electron chi connectivity index (χ2n) is 18.4. The maximum atomic E-state index is 12.9. The van der Waals surface area contributed by atoms with Crippen LogP contribution in [0.2, 0.25) is 0 Å². The van der Waals surface area contributed by atoms with Crippen LogP contribution in [0, 0.1) is 0 Å². The van der Waals surface area contributed by atoms with Gasteiger partial charge in [-0.25, -0.2) is 4.57 Å². The number of aliphatic hydroxyl groups is 5. The molecular formula is C52H95O13P. The Morgan fingerprint density at radius 3 is 1.26 bits per heavy atom. The van der Waals surface area contributed by atoms with Gasteiger partial charge < -0.3 is 39.9 Å². The lowest BCUT2D eigenvalue weighted by atomic mass is 9.85. The lowest BCUT2D eigenvalue weighted by Gasteiger charge is -2.41. The van der Waals surface area contributed by atoms with Gasteiger partial charge in [-0.05, 0) is 70.6 Å². The average molecular weight is 959 g/mol. The second-order valence-corrected chi connectivity index (χ2v) is 19.8. The summed E-state index contributed by atoms with van der Waals surface area (Å²) in [5.41, 5.74) is 0. The molecule has 0 saturated heterocycles. The molecule has 66 heavy (non-hydrogen) atoms. The van der Waals surface area contributed by atoms with Crippen molar-refractivity contribution in [3.8, 4) is 0 Å². The molecule has 1 fully saturated rings. The molecule has 0 aliphatic heterocycles. The number of unbranched alkanes of at least 4 members (excludes halogenated alkanes) is 26. The fourth-order valence-corrected chi connectivity index (χ4v) is 8.93. The first-order chi connectivity index (χ1) is 31.9. The van der Waals surface area contributed by atoms with Crippen molar-refractivity contribution in [3.05, 3.63) is 36.5 Å². The summed E-state index contributed by atoms with van der Waals surface area (Å²) >= 11 is 0. The summed E-state index contributed by atoms with van der Waals surface area (Å²) in [6.07, 6.45) is 36.1. The van der Waals surface area contributed by atoms with Gasteiger partial charge in [-0.15, -0.1) is 0 Å². The molecule has 6 atom stereocenters. The number of phosphoric ester groups is 1. The minimum atomic E-state index is -5.12. The molecule has 14 heteroatoms. The number of hydrogen-bond acceptors (Lipinski definition) is 12. The predicted octanol–water partition coefficient (Wildman–Crippen LogP) is 11.3. The van der Waals surface area contributed by atoms with Gasteiger partial charge in [0.15, 0.2) is 6.10 Å². The van der Waals surface area contributed by atoms with Gasteiger partial charge in [0.05, 0.1) is 6.61 Å². The van der Waals surface area contributed by atoms with Gasteiger partial charge in [0.25, 0.3) is 0 Å². The zero-order valence-electron chi connectivity index (χ0n) is 41.2. The SMILES string of the molecule is CCCCCC/C=C\C/C=C\CCCCCCCCCC(=O)OC(COC(=O)CCCCCCCCCCC/C=C\CCCCCCCC)COP(=O)(O)OC1C(O)C(O)C(O)C(O)C1O. The van der Waals surface area contributed by atoms with E-state index in [9.17, 15) is 44.6 Å². The molecule has 1 saturated carbocycles. The molecule has 6 unspecified atom stereocenters. The van der Waals surface area contributed by atoms with Gasteiger partial charge in [0, 0.05) is 12.8 Å². The highest BCUT2D eigenvalue weighted by Crippen LogP contribution is 2.47. The van der Waals surface area contributed by atoms with Crippen LogP contribution in [0.1, 0.15) is 226 Å². The Labute approximate surface area is 399 Å². The lowest BCUT2D eigenvalue weighted by molar-refractivity contribution is -0.220. The largest absolute Gasteiger partial charge is 0.472 e. The molecule has 0 aromatic carbocycles. The lowest BCUT2D eigenvalue weighted by Crippen LogP contribution is -2.64. The zero-order chi connectivity index (χ0) is 48.5. The van der Waals surface area contributed by atoms with Crippen LogP contribution in [0.15, 0.2) is 36.5 Å². The summed E-state index contributed by atoms with van der Waals surface area (Å²) in [5, 5.41) is 50.3. The van der Waals surface area contributed by atoms with E-state index in [1.54, 1.807) is 0 Å². The highest BCUT2D eigenvalue weighted by molar-refractivity contribution is 7.47. The van der Waals surface area contributed by atoms with E-state index in [1.165, 1.54) is 109 Å². The number of carbonyl (C=O) groups excluding carboxylic acids is 2. The van der Waals surface area contributed by atoms with Gasteiger partial charge in [0.2, 0.25) is 0 Å². The molecule has 0 amide bonds. The first-order valence-corrected chi connectivity index (χ1v) is 27.8. The van der Waals surface area contributed by atoms with E-state index >= 15 is 0 Å². The van der Waals surface area contributed by atoms with Crippen molar-refractivity contribution in [2.24, 2.45) is 0 Å². The van der Waals surface area contributed by atoms with Crippen LogP contribution >= 0.6 is 7.82 Å². The number of esters is 2. The van der Waals surface area contributed by atoms with E-state index in [1.807, 2.05) is 0 Å². The van der Waals surface area contributed by atoms with Crippen molar-refractivity contribution in [2.45, 2.75) is 268 Å². The molecule has 386 valence electrons. The van der Waals surface area contributed by atoms with Gasteiger partial charge in [0.1, 0.15) is 43.2 Å². The molecule has 0 aromatic rings. The molecule has 1 rings (SSSR count). The van der Waals surface area contributed by atoms with Crippen LogP contribution < -0.4 is 0 Å². The van der Waals surface area contributed by atoms with Crippen molar-refractivity contribution in [3.63, 3.8) is 0 Å². The number of aliphatic hydroxyl groups excluding tert-OH is 5. The number of ether oxygens (including phenoxy) is 2. The number of rotatable bonds is 44. The van der Waals surface area contributed by atoms with Crippen LogP contribution in [-0.4, -0.2) is 98.3 Å². The van der Waals surface area contributed by atoms with Gasteiger partial charge in [-0.3, -0.25) is 18.6 Å². The first kappa shape index (κ1) is 62.1. The minimum absolute atomic E-state index is 0.0883. The van der Waals surface area contributed by atoms with E-state index in [0.29, 0.717) is 12.8 Å². The van der Waals surface area contributed by atoms with Gasteiger partial charge in [-0.2, -0.15) is 0 Å². The number of allylic oxidation sites excluding steroid dienone is 6. The van der Waals surface area contributed by atoms with Crippen LogP contribution in [0.3, 0.4) is 0 Å². The fraction of sp³-hybridized carbons (Fsp3) is 0.846. The van der Waals surface area contributed by atoms with E-state index in [4.69, 9.17) is 18.5 Å². The molecule has 0 heterocycles. The van der Waals surface area contributed by atoms with Crippen molar-refractivity contribution in [1.29, 1.82) is 0 Å². The van der Waals surface area contributed by atoms with Crippen molar-refractivity contribution >= 4 is 19.8 Å². The van der Waals surface area contributed by atoms with Crippen LogP contribution in [0.5, 0.6) is 0 Å². The molecule has 0 bridgehead atoms. The summed E-state index contributed by atoms with van der Waals surface area (Å²) < 4.78 is 33.7. The predicted molar refractivity (Wildman–Crippen MR) is 263 cm³/mol. The van der Waals surface area contributed by atoms with Crippen LogP contribution in [-0.2, 0) is 32.7 Å². The molecule has 6 N–H and O–H groups in total. The maximum absolute atomic E-state index is 12.9. The summed E-state index contributed by atoms with van der Waals surface area (Å²) in [5.74, 6) is -1.10. The Kier molecular flexibility index (Phi) is 39.5. The smallest absolute Gasteiger partial charge is 0.462 e. The fourth-order valence-electron chi connectivity index (χ4n) is 7.96. The maximum Gasteiger partial charge on any atom is 0.472 e. The summed E-state index contributed by atoms with van der Waals surface area (Å²) in [6, 6.07) is 0. The van der Waals surface area contributed by atoms with Crippen molar-refractivity contribution in [1.82, 2.24) is 0 Å². The summed E-state index contributed by atoms with van der Waals surface area (Å²) in [4.78, 5) is 35.9. The summed E-state index contributed by atoms with van der Waals surface area (Å²) in [6.45, 7) is 3.30. The minimum Gasteiger partial charge on any atom is -0.462 e. The first-order valence-electron chi connectivity index (χ1n) is 26.3. The van der Waals surface area contributed by atoms with E-state index in [-0.39, 0.29) is 12.8 Å². The van der Waals surface area contributed by atoms with Crippen LogP contribution in [0.4, 0.5) is 0 Å². The monoisotopic (exact) mass is 959 g/mol. The Morgan fingerprint density at radius 1 is 0.470 bits per heavy atom. The van der Waals surface area contributed by atoms with Gasteiger partial charge >= 0.3 is 19.8 Å². The highest BCUT2D eigenvalue weighted by Gasteiger charge is 2.51. The van der Waals surface area contributed by atoms with Crippen LogP contribution in [0.25, 0.3) is 0 Å².